The van der Waals surface area contributed by atoms with Crippen LogP contribution in [0.1, 0.15) is 5.69 Å². The van der Waals surface area contributed by atoms with Crippen LogP contribution in [-0.2, 0) is 0 Å². The van der Waals surface area contributed by atoms with Crippen LogP contribution in [0.2, 0.25) is 0 Å². The quantitative estimate of drug-likeness (QED) is 0.603. The van der Waals surface area contributed by atoms with Crippen LogP contribution in [0.25, 0.3) is 16.7 Å². The third-order valence-corrected chi connectivity index (χ3v) is 4.02. The number of aromatic nitrogens is 4. The van der Waals surface area contributed by atoms with Crippen LogP contribution in [-0.4, -0.2) is 26.9 Å². The van der Waals surface area contributed by atoms with E-state index in [1.807, 2.05) is 31.2 Å². The van der Waals surface area contributed by atoms with Gasteiger partial charge in [0.05, 0.1) is 23.9 Å². The molecule has 0 unspecified atom stereocenters. The van der Waals surface area contributed by atoms with Crippen molar-refractivity contribution in [2.75, 3.05) is 12.4 Å². The molecule has 6 nitrogen and oxygen atoms in total. The van der Waals surface area contributed by atoms with E-state index in [9.17, 15) is 4.39 Å². The molecule has 0 radical (unpaired) electrons. The van der Waals surface area contributed by atoms with Crippen LogP contribution >= 0.6 is 0 Å². The zero-order chi connectivity index (χ0) is 18.1. The lowest BCUT2D eigenvalue weighted by molar-refractivity contribution is 0.415. The van der Waals surface area contributed by atoms with Crippen molar-refractivity contribution < 1.29 is 9.13 Å². The van der Waals surface area contributed by atoms with Crippen molar-refractivity contribution in [3.05, 3.63) is 66.4 Å². The van der Waals surface area contributed by atoms with Crippen LogP contribution in [0.15, 0.2) is 54.9 Å². The Morgan fingerprint density at radius 3 is 2.73 bits per heavy atom. The number of hydrogen-bond donors (Lipinski definition) is 1. The van der Waals surface area contributed by atoms with Crippen molar-refractivity contribution in [1.29, 1.82) is 0 Å². The van der Waals surface area contributed by atoms with Gasteiger partial charge in [-0.1, -0.05) is 12.1 Å². The van der Waals surface area contributed by atoms with Gasteiger partial charge in [0.1, 0.15) is 23.7 Å². The minimum absolute atomic E-state index is 0.326. The number of ether oxygens (including phenoxy) is 1. The lowest BCUT2D eigenvalue weighted by Gasteiger charge is -2.08. The molecule has 0 saturated heterocycles. The number of benzene rings is 2. The molecule has 0 atom stereocenters. The maximum Gasteiger partial charge on any atom is 0.168 e. The lowest BCUT2D eigenvalue weighted by Crippen LogP contribution is -2.00. The van der Waals surface area contributed by atoms with E-state index in [0.717, 1.165) is 22.5 Å². The second-order valence-corrected chi connectivity index (χ2v) is 5.75. The van der Waals surface area contributed by atoms with E-state index in [1.54, 1.807) is 23.9 Å². The topological polar surface area (TPSA) is 64.9 Å². The van der Waals surface area contributed by atoms with Gasteiger partial charge < -0.3 is 10.1 Å². The Balaban J connectivity index is 1.82. The van der Waals surface area contributed by atoms with Crippen LogP contribution in [0.5, 0.6) is 5.75 Å². The molecular weight excluding hydrogens is 333 g/mol. The van der Waals surface area contributed by atoms with Gasteiger partial charge in [0.15, 0.2) is 5.65 Å². The number of nitrogens with zero attached hydrogens (tertiary/aromatic N) is 4. The van der Waals surface area contributed by atoms with Crippen LogP contribution < -0.4 is 10.1 Å². The highest BCUT2D eigenvalue weighted by atomic mass is 19.1. The smallest absolute Gasteiger partial charge is 0.168 e. The summed E-state index contributed by atoms with van der Waals surface area (Å²) >= 11 is 0. The van der Waals surface area contributed by atoms with Crippen LogP contribution in [0.4, 0.5) is 15.9 Å². The summed E-state index contributed by atoms with van der Waals surface area (Å²) in [6.07, 6.45) is 1.46. The number of halogens is 1. The van der Waals surface area contributed by atoms with E-state index in [2.05, 4.69) is 20.4 Å². The zero-order valence-corrected chi connectivity index (χ0v) is 14.3. The van der Waals surface area contributed by atoms with E-state index in [4.69, 9.17) is 4.74 Å². The first-order valence-electron chi connectivity index (χ1n) is 8.03. The normalized spacial score (nSPS) is 10.9. The standard InChI is InChI=1S/C19H16FN5O/c1-12-17-18(23-14-6-4-8-16(10-14)26-2)21-11-22-19(17)25(24-12)15-7-3-5-13(20)9-15/h3-11H,1-2H3,(H,21,22,23). The van der Waals surface area contributed by atoms with E-state index in [1.165, 1.54) is 18.5 Å². The van der Waals surface area contributed by atoms with E-state index in [-0.39, 0.29) is 5.82 Å². The van der Waals surface area contributed by atoms with Crippen molar-refractivity contribution in [3.8, 4) is 11.4 Å². The number of nitrogens with one attached hydrogen (secondary N) is 1. The average Bonchev–Trinajstić information content (AvgIpc) is 3.00. The summed E-state index contributed by atoms with van der Waals surface area (Å²) < 4.78 is 20.5. The molecule has 0 spiro atoms. The van der Waals surface area contributed by atoms with Crippen molar-refractivity contribution >= 4 is 22.5 Å². The highest BCUT2D eigenvalue weighted by Gasteiger charge is 2.15. The number of methoxy groups -OCH3 is 1. The van der Waals surface area contributed by atoms with Gasteiger partial charge in [-0.3, -0.25) is 0 Å². The van der Waals surface area contributed by atoms with Gasteiger partial charge >= 0.3 is 0 Å². The SMILES string of the molecule is COc1cccc(Nc2ncnc3c2c(C)nn3-c2cccc(F)c2)c1. The molecular formula is C19H16FN5O. The van der Waals surface area contributed by atoms with Crippen molar-refractivity contribution in [2.45, 2.75) is 6.92 Å². The molecule has 0 saturated carbocycles. The summed E-state index contributed by atoms with van der Waals surface area (Å²) in [6.45, 7) is 1.87. The first-order valence-corrected chi connectivity index (χ1v) is 8.03. The molecule has 0 fully saturated rings. The Morgan fingerprint density at radius 2 is 1.92 bits per heavy atom. The van der Waals surface area contributed by atoms with E-state index < -0.39 is 0 Å². The fraction of sp³-hybridized carbons (Fsp3) is 0.105. The minimum Gasteiger partial charge on any atom is -0.497 e. The lowest BCUT2D eigenvalue weighted by atomic mass is 10.2. The monoisotopic (exact) mass is 349 g/mol. The molecule has 2 heterocycles. The van der Waals surface area contributed by atoms with Crippen LogP contribution in [0.3, 0.4) is 0 Å². The van der Waals surface area contributed by atoms with Gasteiger partial charge in [0.25, 0.3) is 0 Å². The van der Waals surface area contributed by atoms with Crippen LogP contribution in [0, 0.1) is 12.7 Å². The van der Waals surface area contributed by atoms with Gasteiger partial charge in [0, 0.05) is 11.8 Å². The Hall–Kier alpha value is -3.48. The highest BCUT2D eigenvalue weighted by Crippen LogP contribution is 2.28. The molecule has 0 aliphatic rings. The molecule has 2 aromatic carbocycles. The molecule has 0 amide bonds. The molecule has 0 aliphatic heterocycles. The first-order chi connectivity index (χ1) is 12.7. The maximum atomic E-state index is 13.6. The summed E-state index contributed by atoms with van der Waals surface area (Å²) in [5.41, 5.74) is 2.79. The predicted molar refractivity (Wildman–Crippen MR) is 97.6 cm³/mol. The van der Waals surface area contributed by atoms with Gasteiger partial charge in [-0.2, -0.15) is 5.10 Å². The number of aryl methyl sites for hydroxylation is 1. The number of anilines is 2. The Morgan fingerprint density at radius 1 is 1.08 bits per heavy atom. The summed E-state index contributed by atoms with van der Waals surface area (Å²) in [5.74, 6) is 1.04. The number of hydrogen-bond acceptors (Lipinski definition) is 5. The van der Waals surface area contributed by atoms with E-state index in [0.29, 0.717) is 17.2 Å². The van der Waals surface area contributed by atoms with E-state index >= 15 is 0 Å². The van der Waals surface area contributed by atoms with Gasteiger partial charge in [0.2, 0.25) is 0 Å². The van der Waals surface area contributed by atoms with Gasteiger partial charge in [-0.25, -0.2) is 19.0 Å². The molecule has 0 aliphatic carbocycles. The maximum absolute atomic E-state index is 13.6. The van der Waals surface area contributed by atoms with Crippen molar-refractivity contribution in [1.82, 2.24) is 19.7 Å². The number of fused-ring (bicyclic) bond motifs is 1. The first kappa shape index (κ1) is 16.0. The van der Waals surface area contributed by atoms with Crippen molar-refractivity contribution in [3.63, 3.8) is 0 Å². The van der Waals surface area contributed by atoms with Crippen molar-refractivity contribution in [2.24, 2.45) is 0 Å². The summed E-state index contributed by atoms with van der Waals surface area (Å²) in [4.78, 5) is 8.70. The van der Waals surface area contributed by atoms with Gasteiger partial charge in [-0.05, 0) is 37.3 Å². The molecule has 7 heteroatoms. The molecule has 130 valence electrons. The second-order valence-electron chi connectivity index (χ2n) is 5.75. The highest BCUT2D eigenvalue weighted by molar-refractivity contribution is 5.91. The third kappa shape index (κ3) is 2.83. The fourth-order valence-electron chi connectivity index (χ4n) is 2.84. The summed E-state index contributed by atoms with van der Waals surface area (Å²) in [6, 6.07) is 13.8. The van der Waals surface area contributed by atoms with Gasteiger partial charge in [-0.15, -0.1) is 0 Å². The molecule has 26 heavy (non-hydrogen) atoms. The minimum atomic E-state index is -0.326. The Labute approximate surface area is 149 Å². The Bertz CT molecular complexity index is 1090. The molecule has 4 aromatic rings. The zero-order valence-electron chi connectivity index (χ0n) is 14.3. The molecule has 2 aromatic heterocycles. The molecule has 1 N–H and O–H groups in total. The molecule has 4 rings (SSSR count). The fourth-order valence-corrected chi connectivity index (χ4v) is 2.84. The second kappa shape index (κ2) is 6.44. The number of rotatable bonds is 4. The summed E-state index contributed by atoms with van der Waals surface area (Å²) in [7, 11) is 1.62. The largest absolute Gasteiger partial charge is 0.497 e. The molecule has 0 bridgehead atoms. The predicted octanol–water partition coefficient (Wildman–Crippen LogP) is 4.02. The Kier molecular flexibility index (Phi) is 3.96. The average molecular weight is 349 g/mol. The third-order valence-electron chi connectivity index (χ3n) is 4.02. The summed E-state index contributed by atoms with van der Waals surface area (Å²) in [5, 5.41) is 8.58.